The molecule has 0 aliphatic heterocycles. The predicted octanol–water partition coefficient (Wildman–Crippen LogP) is 2.60. The fourth-order valence-corrected chi connectivity index (χ4v) is 2.39. The molecule has 1 unspecified atom stereocenters. The number of hydrogen-bond acceptors (Lipinski definition) is 4. The van der Waals surface area contributed by atoms with Gasteiger partial charge in [-0.2, -0.15) is 0 Å². The first kappa shape index (κ1) is 15.1. The number of pyridine rings is 1. The fourth-order valence-electron chi connectivity index (χ4n) is 2.21. The second-order valence-corrected chi connectivity index (χ2v) is 5.33. The normalized spacial score (nSPS) is 12.0. The molecule has 0 spiro atoms. The van der Waals surface area contributed by atoms with Gasteiger partial charge < -0.3 is 15.5 Å². The molecule has 3 rings (SSSR count). The lowest BCUT2D eigenvalue weighted by atomic mass is 10.1. The molecule has 0 fully saturated rings. The van der Waals surface area contributed by atoms with Crippen molar-refractivity contribution >= 4 is 34.4 Å². The minimum absolute atomic E-state index is 0.206. The van der Waals surface area contributed by atoms with Gasteiger partial charge in [0, 0.05) is 33.9 Å². The Hall–Kier alpha value is -2.86. The highest BCUT2D eigenvalue weighted by Crippen LogP contribution is 2.22. The number of halogens is 1. The monoisotopic (exact) mass is 329 g/mol. The second kappa shape index (κ2) is 6.10. The van der Waals surface area contributed by atoms with Gasteiger partial charge in [-0.25, -0.2) is 4.79 Å². The van der Waals surface area contributed by atoms with E-state index in [9.17, 15) is 9.59 Å². The van der Waals surface area contributed by atoms with Crippen LogP contribution in [-0.2, 0) is 9.53 Å². The third-order valence-electron chi connectivity index (χ3n) is 3.27. The Balaban J connectivity index is 1.87. The predicted molar refractivity (Wildman–Crippen MR) is 84.9 cm³/mol. The summed E-state index contributed by atoms with van der Waals surface area (Å²) < 4.78 is 5.23. The number of esters is 1. The van der Waals surface area contributed by atoms with Crippen molar-refractivity contribution in [2.45, 2.75) is 6.10 Å². The number of carbonyl (C=O) groups is 2. The topological polar surface area (TPSA) is 98.1 Å². The molecular formula is C16H12ClN3O3. The molecule has 7 heteroatoms. The number of nitrogens with zero attached hydrogens (tertiary/aromatic N) is 1. The van der Waals surface area contributed by atoms with Gasteiger partial charge in [-0.15, -0.1) is 0 Å². The summed E-state index contributed by atoms with van der Waals surface area (Å²) in [5.74, 6) is -1.46. The van der Waals surface area contributed by atoms with Gasteiger partial charge in [-0.1, -0.05) is 17.7 Å². The zero-order valence-electron chi connectivity index (χ0n) is 11.8. The number of benzene rings is 1. The molecule has 23 heavy (non-hydrogen) atoms. The van der Waals surface area contributed by atoms with Gasteiger partial charge in [0.05, 0.1) is 0 Å². The van der Waals surface area contributed by atoms with Crippen LogP contribution in [0.1, 0.15) is 22.2 Å². The number of fused-ring (bicyclic) bond motifs is 1. The number of primary amides is 1. The summed E-state index contributed by atoms with van der Waals surface area (Å²) in [5.41, 5.74) is 6.67. The Morgan fingerprint density at radius 1 is 1.26 bits per heavy atom. The number of nitrogens with two attached hydrogens (primary N) is 1. The molecule has 0 saturated carbocycles. The van der Waals surface area contributed by atoms with Gasteiger partial charge in [0.1, 0.15) is 5.69 Å². The minimum atomic E-state index is -1.20. The van der Waals surface area contributed by atoms with Crippen LogP contribution in [-0.4, -0.2) is 21.8 Å². The number of rotatable bonds is 4. The number of aromatic amines is 1. The molecule has 0 saturated heterocycles. The highest BCUT2D eigenvalue weighted by Gasteiger charge is 2.24. The highest BCUT2D eigenvalue weighted by molar-refractivity contribution is 6.31. The second-order valence-electron chi connectivity index (χ2n) is 4.89. The summed E-state index contributed by atoms with van der Waals surface area (Å²) in [6.45, 7) is 0. The van der Waals surface area contributed by atoms with E-state index in [0.29, 0.717) is 10.6 Å². The average molecular weight is 330 g/mol. The van der Waals surface area contributed by atoms with E-state index in [1.54, 1.807) is 42.6 Å². The molecule has 2 heterocycles. The van der Waals surface area contributed by atoms with Crippen LogP contribution in [0.15, 0.2) is 48.8 Å². The third kappa shape index (κ3) is 3.17. The lowest BCUT2D eigenvalue weighted by molar-refractivity contribution is -0.127. The Labute approximate surface area is 136 Å². The van der Waals surface area contributed by atoms with Gasteiger partial charge in [0.2, 0.25) is 6.10 Å². The Morgan fingerprint density at radius 3 is 2.78 bits per heavy atom. The molecule has 1 aromatic carbocycles. The maximum atomic E-state index is 12.3. The Bertz CT molecular complexity index is 877. The first-order valence-electron chi connectivity index (χ1n) is 6.73. The highest BCUT2D eigenvalue weighted by atomic mass is 35.5. The Morgan fingerprint density at radius 2 is 2.09 bits per heavy atom. The quantitative estimate of drug-likeness (QED) is 0.719. The number of H-pyrrole nitrogens is 1. The number of ether oxygens (including phenoxy) is 1. The number of aromatic nitrogens is 2. The van der Waals surface area contributed by atoms with Gasteiger partial charge in [0.15, 0.2) is 0 Å². The standard InChI is InChI=1S/C16H12ClN3O3/c17-11-3-4-12-10(6-11)7-13(20-12)16(22)23-14(15(18)21)9-2-1-5-19-8-9/h1-8,14,20H,(H2,18,21). The van der Waals surface area contributed by atoms with Gasteiger partial charge in [-0.05, 0) is 30.3 Å². The summed E-state index contributed by atoms with van der Waals surface area (Å²) in [4.78, 5) is 30.7. The summed E-state index contributed by atoms with van der Waals surface area (Å²) in [6.07, 6.45) is 1.77. The van der Waals surface area contributed by atoms with Crippen LogP contribution in [0.3, 0.4) is 0 Å². The lowest BCUT2D eigenvalue weighted by Crippen LogP contribution is -2.26. The summed E-state index contributed by atoms with van der Waals surface area (Å²) in [7, 11) is 0. The van der Waals surface area contributed by atoms with E-state index < -0.39 is 18.0 Å². The van der Waals surface area contributed by atoms with Crippen molar-refractivity contribution in [1.29, 1.82) is 0 Å². The van der Waals surface area contributed by atoms with Crippen LogP contribution < -0.4 is 5.73 Å². The average Bonchev–Trinajstić information content (AvgIpc) is 2.96. The molecule has 0 aliphatic rings. The molecule has 6 nitrogen and oxygen atoms in total. The molecular weight excluding hydrogens is 318 g/mol. The van der Waals surface area contributed by atoms with Crippen molar-refractivity contribution in [3.8, 4) is 0 Å². The van der Waals surface area contributed by atoms with E-state index in [2.05, 4.69) is 9.97 Å². The largest absolute Gasteiger partial charge is 0.443 e. The van der Waals surface area contributed by atoms with Crippen LogP contribution in [0.2, 0.25) is 5.02 Å². The van der Waals surface area contributed by atoms with Crippen molar-refractivity contribution in [2.24, 2.45) is 5.73 Å². The summed E-state index contributed by atoms with van der Waals surface area (Å²) >= 11 is 5.92. The smallest absolute Gasteiger partial charge is 0.355 e. The zero-order valence-corrected chi connectivity index (χ0v) is 12.6. The van der Waals surface area contributed by atoms with E-state index in [4.69, 9.17) is 22.1 Å². The van der Waals surface area contributed by atoms with Crippen molar-refractivity contribution in [3.63, 3.8) is 0 Å². The molecule has 116 valence electrons. The van der Waals surface area contributed by atoms with E-state index in [-0.39, 0.29) is 5.69 Å². The molecule has 3 N–H and O–H groups in total. The molecule has 3 aromatic rings. The molecule has 1 amide bonds. The van der Waals surface area contributed by atoms with E-state index in [1.165, 1.54) is 6.20 Å². The number of carbonyl (C=O) groups excluding carboxylic acids is 2. The first-order chi connectivity index (χ1) is 11.0. The van der Waals surface area contributed by atoms with Gasteiger partial charge in [0.25, 0.3) is 5.91 Å². The van der Waals surface area contributed by atoms with Crippen LogP contribution >= 0.6 is 11.6 Å². The van der Waals surface area contributed by atoms with Crippen molar-refractivity contribution < 1.29 is 14.3 Å². The fraction of sp³-hybridized carbons (Fsp3) is 0.0625. The van der Waals surface area contributed by atoms with E-state index >= 15 is 0 Å². The SMILES string of the molecule is NC(=O)C(OC(=O)c1cc2cc(Cl)ccc2[nH]1)c1cccnc1. The van der Waals surface area contributed by atoms with Crippen LogP contribution in [0.5, 0.6) is 0 Å². The van der Waals surface area contributed by atoms with Crippen molar-refractivity contribution in [1.82, 2.24) is 9.97 Å². The molecule has 1 atom stereocenters. The first-order valence-corrected chi connectivity index (χ1v) is 7.11. The minimum Gasteiger partial charge on any atom is -0.443 e. The maximum absolute atomic E-state index is 12.3. The van der Waals surface area contributed by atoms with Crippen LogP contribution in [0.25, 0.3) is 10.9 Å². The Kier molecular flexibility index (Phi) is 3.99. The van der Waals surface area contributed by atoms with Gasteiger partial charge in [-0.3, -0.25) is 9.78 Å². The molecule has 0 bridgehead atoms. The summed E-state index contributed by atoms with van der Waals surface area (Å²) in [5, 5.41) is 1.32. The van der Waals surface area contributed by atoms with Crippen LogP contribution in [0.4, 0.5) is 0 Å². The maximum Gasteiger partial charge on any atom is 0.355 e. The number of amides is 1. The van der Waals surface area contributed by atoms with Crippen molar-refractivity contribution in [2.75, 3.05) is 0 Å². The molecule has 2 aromatic heterocycles. The van der Waals surface area contributed by atoms with Gasteiger partial charge >= 0.3 is 5.97 Å². The molecule has 0 radical (unpaired) electrons. The lowest BCUT2D eigenvalue weighted by Gasteiger charge is -2.13. The van der Waals surface area contributed by atoms with Crippen molar-refractivity contribution in [3.05, 3.63) is 65.1 Å². The van der Waals surface area contributed by atoms with Crippen LogP contribution in [0, 0.1) is 0 Å². The third-order valence-corrected chi connectivity index (χ3v) is 3.51. The number of hydrogen-bond donors (Lipinski definition) is 2. The zero-order chi connectivity index (χ0) is 16.4. The number of nitrogens with one attached hydrogen (secondary N) is 1. The summed E-state index contributed by atoms with van der Waals surface area (Å²) in [6, 6.07) is 10.0. The van der Waals surface area contributed by atoms with E-state index in [0.717, 1.165) is 10.9 Å². The van der Waals surface area contributed by atoms with E-state index in [1.807, 2.05) is 0 Å². The molecule has 0 aliphatic carbocycles.